The second kappa shape index (κ2) is 15.4. The number of fused-ring (bicyclic) bond motifs is 2. The Morgan fingerprint density at radius 3 is 1.81 bits per heavy atom. The lowest BCUT2D eigenvalue weighted by molar-refractivity contribution is -0.142. The first-order valence-corrected chi connectivity index (χ1v) is 16.2. The van der Waals surface area contributed by atoms with E-state index in [4.69, 9.17) is 5.73 Å². The minimum Gasteiger partial charge on any atom is -0.480 e. The summed E-state index contributed by atoms with van der Waals surface area (Å²) in [5.41, 5.74) is 10.5. The van der Waals surface area contributed by atoms with Gasteiger partial charge in [0.25, 0.3) is 0 Å². The van der Waals surface area contributed by atoms with Crippen LogP contribution in [0.2, 0.25) is 0 Å². The van der Waals surface area contributed by atoms with Gasteiger partial charge in [-0.2, -0.15) is 0 Å². The zero-order valence-electron chi connectivity index (χ0n) is 27.0. The average molecular weight is 651 g/mol. The fourth-order valence-corrected chi connectivity index (χ4v) is 5.91. The number of aromatic nitrogens is 2. The van der Waals surface area contributed by atoms with Crippen molar-refractivity contribution in [3.8, 4) is 0 Å². The van der Waals surface area contributed by atoms with Crippen molar-refractivity contribution in [1.82, 2.24) is 25.9 Å². The van der Waals surface area contributed by atoms with Gasteiger partial charge in [-0.05, 0) is 41.2 Å². The van der Waals surface area contributed by atoms with Crippen LogP contribution in [-0.2, 0) is 38.4 Å². The van der Waals surface area contributed by atoms with Crippen molar-refractivity contribution in [3.63, 3.8) is 0 Å². The molecule has 0 radical (unpaired) electrons. The molecular formula is C37H42N6O5. The highest BCUT2D eigenvalue weighted by atomic mass is 16.4. The lowest BCUT2D eigenvalue weighted by Gasteiger charge is -2.28. The number of hydrogen-bond acceptors (Lipinski definition) is 5. The summed E-state index contributed by atoms with van der Waals surface area (Å²) in [6, 6.07) is 20.1. The Hall–Kier alpha value is -5.42. The molecule has 0 aliphatic heterocycles. The van der Waals surface area contributed by atoms with E-state index in [9.17, 15) is 24.3 Å². The van der Waals surface area contributed by atoms with Gasteiger partial charge in [0, 0.05) is 47.0 Å². The molecule has 48 heavy (non-hydrogen) atoms. The van der Waals surface area contributed by atoms with Crippen molar-refractivity contribution in [1.29, 1.82) is 0 Å². The molecule has 0 bridgehead atoms. The van der Waals surface area contributed by atoms with Gasteiger partial charge in [-0.3, -0.25) is 14.4 Å². The van der Waals surface area contributed by atoms with Crippen molar-refractivity contribution in [3.05, 3.63) is 108 Å². The topological polar surface area (TPSA) is 182 Å². The van der Waals surface area contributed by atoms with Gasteiger partial charge in [0.05, 0.1) is 6.04 Å². The Morgan fingerprint density at radius 2 is 1.23 bits per heavy atom. The van der Waals surface area contributed by atoms with Crippen LogP contribution in [-0.4, -0.2) is 62.9 Å². The number of para-hydroxylation sites is 2. The molecule has 5 unspecified atom stereocenters. The summed E-state index contributed by atoms with van der Waals surface area (Å²) in [6.45, 7) is 3.74. The third-order valence-corrected chi connectivity index (χ3v) is 8.87. The third kappa shape index (κ3) is 8.10. The number of H-pyrrole nitrogens is 2. The Labute approximate surface area is 278 Å². The van der Waals surface area contributed by atoms with Crippen LogP contribution in [0, 0.1) is 5.92 Å². The normalized spacial score (nSPS) is 14.5. The van der Waals surface area contributed by atoms with Crippen LogP contribution in [0.1, 0.15) is 37.0 Å². The van der Waals surface area contributed by atoms with Gasteiger partial charge in [-0.1, -0.05) is 87.0 Å². The van der Waals surface area contributed by atoms with Gasteiger partial charge in [-0.25, -0.2) is 4.79 Å². The maximum Gasteiger partial charge on any atom is 0.326 e. The number of aromatic amines is 2. The van der Waals surface area contributed by atoms with Gasteiger partial charge < -0.3 is 36.8 Å². The standard InChI is InChI=1S/C37H42N6O5/c1-3-22(2)33(43-34(44)28(38)18-24-20-39-29-15-9-7-13-26(24)29)36(46)41-31(17-23-11-5-4-6-12-23)35(45)42-32(37(47)48)19-25-21-40-30-16-10-8-14-27(25)30/h4-16,20-22,28,31-33,39-40H,3,17-19,38H2,1-2H3,(H,41,46)(H,42,45)(H,43,44)(H,47,48). The third-order valence-electron chi connectivity index (χ3n) is 8.87. The van der Waals surface area contributed by atoms with E-state index in [0.29, 0.717) is 6.42 Å². The highest BCUT2D eigenvalue weighted by Gasteiger charge is 2.33. The van der Waals surface area contributed by atoms with Crippen molar-refractivity contribution < 1.29 is 24.3 Å². The van der Waals surface area contributed by atoms with E-state index < -0.39 is 47.9 Å². The minimum atomic E-state index is -1.25. The van der Waals surface area contributed by atoms with Gasteiger partial charge in [-0.15, -0.1) is 0 Å². The minimum absolute atomic E-state index is 0.0386. The van der Waals surface area contributed by atoms with E-state index in [1.807, 2.05) is 98.9 Å². The SMILES string of the molecule is CCC(C)C(NC(=O)C(N)Cc1c[nH]c2ccccc12)C(=O)NC(Cc1ccccc1)C(=O)NC(Cc1c[nH]c2ccccc12)C(=O)O. The largest absolute Gasteiger partial charge is 0.480 e. The van der Waals surface area contributed by atoms with Crippen LogP contribution in [0.15, 0.2) is 91.3 Å². The molecule has 250 valence electrons. The number of nitrogens with one attached hydrogen (secondary N) is 5. The summed E-state index contributed by atoms with van der Waals surface area (Å²) in [5, 5.41) is 20.2. The Morgan fingerprint density at radius 1 is 0.688 bits per heavy atom. The van der Waals surface area contributed by atoms with Crippen LogP contribution in [0.3, 0.4) is 0 Å². The van der Waals surface area contributed by atoms with Crippen LogP contribution in [0.4, 0.5) is 0 Å². The summed E-state index contributed by atoms with van der Waals surface area (Å²) in [4.78, 5) is 59.6. The molecule has 11 heteroatoms. The van der Waals surface area contributed by atoms with E-state index in [-0.39, 0.29) is 25.2 Å². The first-order valence-electron chi connectivity index (χ1n) is 16.2. The lowest BCUT2D eigenvalue weighted by Crippen LogP contribution is -2.59. The van der Waals surface area contributed by atoms with E-state index >= 15 is 0 Å². The molecular weight excluding hydrogens is 608 g/mol. The maximum atomic E-state index is 13.8. The van der Waals surface area contributed by atoms with E-state index in [1.54, 1.807) is 6.20 Å². The molecule has 0 spiro atoms. The molecule has 8 N–H and O–H groups in total. The number of carboxylic acid groups (broad SMARTS) is 1. The molecule has 2 heterocycles. The summed E-state index contributed by atoms with van der Waals surface area (Å²) >= 11 is 0. The Kier molecular flexibility index (Phi) is 10.9. The fraction of sp³-hybridized carbons (Fsp3) is 0.297. The van der Waals surface area contributed by atoms with Crippen LogP contribution < -0.4 is 21.7 Å². The molecule has 5 atom stereocenters. The second-order valence-corrected chi connectivity index (χ2v) is 12.3. The molecule has 0 aliphatic carbocycles. The number of carbonyl (C=O) groups is 4. The monoisotopic (exact) mass is 650 g/mol. The van der Waals surface area contributed by atoms with Crippen molar-refractivity contribution in [2.24, 2.45) is 11.7 Å². The summed E-state index contributed by atoms with van der Waals surface area (Å²) < 4.78 is 0. The zero-order chi connectivity index (χ0) is 34.2. The average Bonchev–Trinajstić information content (AvgIpc) is 3.70. The highest BCUT2D eigenvalue weighted by molar-refractivity contribution is 5.95. The predicted molar refractivity (Wildman–Crippen MR) is 185 cm³/mol. The molecule has 5 aromatic rings. The number of hydrogen-bond donors (Lipinski definition) is 7. The molecule has 0 saturated heterocycles. The molecule has 0 aliphatic rings. The van der Waals surface area contributed by atoms with Gasteiger partial charge in [0.1, 0.15) is 18.1 Å². The van der Waals surface area contributed by atoms with E-state index in [0.717, 1.165) is 38.5 Å². The molecule has 3 amide bonds. The number of aliphatic carboxylic acids is 1. The number of amides is 3. The smallest absolute Gasteiger partial charge is 0.326 e. The van der Waals surface area contributed by atoms with E-state index in [1.165, 1.54) is 0 Å². The van der Waals surface area contributed by atoms with Crippen molar-refractivity contribution in [2.45, 2.75) is 63.7 Å². The zero-order valence-corrected chi connectivity index (χ0v) is 27.0. The number of rotatable bonds is 15. The molecule has 2 aromatic heterocycles. The summed E-state index contributed by atoms with van der Waals surface area (Å²) in [7, 11) is 0. The van der Waals surface area contributed by atoms with Gasteiger partial charge >= 0.3 is 5.97 Å². The lowest BCUT2D eigenvalue weighted by atomic mass is 9.96. The van der Waals surface area contributed by atoms with Gasteiger partial charge in [0.15, 0.2) is 0 Å². The highest BCUT2D eigenvalue weighted by Crippen LogP contribution is 2.21. The second-order valence-electron chi connectivity index (χ2n) is 12.3. The first-order chi connectivity index (χ1) is 23.1. The first kappa shape index (κ1) is 33.9. The summed E-state index contributed by atoms with van der Waals surface area (Å²) in [6.07, 6.45) is 4.54. The quantitative estimate of drug-likeness (QED) is 0.0909. The molecule has 3 aromatic carbocycles. The maximum absolute atomic E-state index is 13.8. The number of nitrogens with two attached hydrogens (primary N) is 1. The van der Waals surface area contributed by atoms with E-state index in [2.05, 4.69) is 25.9 Å². The van der Waals surface area contributed by atoms with Crippen LogP contribution in [0.5, 0.6) is 0 Å². The number of carbonyl (C=O) groups excluding carboxylic acids is 3. The number of carboxylic acids is 1. The predicted octanol–water partition coefficient (Wildman–Crippen LogP) is 3.59. The van der Waals surface area contributed by atoms with Crippen LogP contribution >= 0.6 is 0 Å². The molecule has 0 saturated carbocycles. The molecule has 5 rings (SSSR count). The van der Waals surface area contributed by atoms with Gasteiger partial charge in [0.2, 0.25) is 17.7 Å². The number of benzene rings is 3. The Bertz CT molecular complexity index is 1880. The Balaban J connectivity index is 1.31. The van der Waals surface area contributed by atoms with Crippen molar-refractivity contribution >= 4 is 45.5 Å². The molecule has 11 nitrogen and oxygen atoms in total. The van der Waals surface area contributed by atoms with Crippen molar-refractivity contribution in [2.75, 3.05) is 0 Å². The summed E-state index contributed by atoms with van der Waals surface area (Å²) in [5.74, 6) is -3.19. The fourth-order valence-electron chi connectivity index (χ4n) is 5.91. The van der Waals surface area contributed by atoms with Crippen LogP contribution in [0.25, 0.3) is 21.8 Å². The molecule has 0 fully saturated rings.